The molecular weight excluding hydrogens is 429 g/mol. The van der Waals surface area contributed by atoms with Crippen LogP contribution in [0.25, 0.3) is 10.9 Å². The molecule has 0 aliphatic carbocycles. The van der Waals surface area contributed by atoms with Gasteiger partial charge in [-0.15, -0.1) is 0 Å². The van der Waals surface area contributed by atoms with Crippen LogP contribution in [0.3, 0.4) is 0 Å². The number of aliphatic hydroxyl groups excluding tert-OH is 4. The van der Waals surface area contributed by atoms with E-state index in [0.29, 0.717) is 32.8 Å². The highest BCUT2D eigenvalue weighted by Gasteiger charge is 2.45. The molecule has 166 valence electrons. The number of aromatic nitrogens is 1. The maximum absolute atomic E-state index is 14.5. The molecule has 0 bridgehead atoms. The van der Waals surface area contributed by atoms with Gasteiger partial charge in [-0.1, -0.05) is 23.7 Å². The van der Waals surface area contributed by atoms with Crippen LogP contribution in [-0.2, 0) is 11.3 Å². The standard InChI is InChI=1S/C22H23ClFNO6/c1-30-12-6-5-11(15(24)7-12)8-25-9-13(18-14(23)3-2-4-16(18)25)22-21(29)20(28)19(27)17(10-26)31-22/h2-7,9,17,19-22,26-29H,8,10H2,1H3/t17-,19-,20+,21-,22+/m1/s1. The summed E-state index contributed by atoms with van der Waals surface area (Å²) in [7, 11) is 1.46. The van der Waals surface area contributed by atoms with Gasteiger partial charge in [0.2, 0.25) is 0 Å². The van der Waals surface area contributed by atoms with Crippen LogP contribution in [-0.4, -0.2) is 63.1 Å². The van der Waals surface area contributed by atoms with E-state index in [0.717, 1.165) is 0 Å². The Balaban J connectivity index is 1.79. The maximum Gasteiger partial charge on any atom is 0.131 e. The van der Waals surface area contributed by atoms with Crippen molar-refractivity contribution < 1.29 is 34.3 Å². The molecule has 2 aromatic carbocycles. The second-order valence-corrected chi connectivity index (χ2v) is 7.96. The van der Waals surface area contributed by atoms with Crippen molar-refractivity contribution in [3.05, 3.63) is 64.6 Å². The van der Waals surface area contributed by atoms with E-state index in [1.165, 1.54) is 13.2 Å². The minimum atomic E-state index is -1.52. The molecule has 0 amide bonds. The van der Waals surface area contributed by atoms with Gasteiger partial charge >= 0.3 is 0 Å². The molecule has 7 nitrogen and oxygen atoms in total. The highest BCUT2D eigenvalue weighted by Crippen LogP contribution is 2.39. The zero-order valence-electron chi connectivity index (χ0n) is 16.7. The lowest BCUT2D eigenvalue weighted by atomic mass is 9.91. The normalized spacial score (nSPS) is 26.4. The average Bonchev–Trinajstić information content (AvgIpc) is 3.13. The van der Waals surface area contributed by atoms with E-state index in [9.17, 15) is 24.8 Å². The van der Waals surface area contributed by atoms with Crippen LogP contribution < -0.4 is 4.74 Å². The number of benzene rings is 2. The molecule has 5 atom stereocenters. The van der Waals surface area contributed by atoms with Crippen molar-refractivity contribution in [2.75, 3.05) is 13.7 Å². The summed E-state index contributed by atoms with van der Waals surface area (Å²) in [5.74, 6) is -0.0266. The molecule has 0 unspecified atom stereocenters. The van der Waals surface area contributed by atoms with E-state index in [2.05, 4.69) is 0 Å². The summed E-state index contributed by atoms with van der Waals surface area (Å²) in [6.45, 7) is -0.366. The zero-order chi connectivity index (χ0) is 22.3. The van der Waals surface area contributed by atoms with Crippen molar-refractivity contribution in [2.24, 2.45) is 0 Å². The lowest BCUT2D eigenvalue weighted by Crippen LogP contribution is -2.55. The molecule has 0 spiro atoms. The van der Waals surface area contributed by atoms with Gasteiger partial charge < -0.3 is 34.5 Å². The molecule has 2 heterocycles. The monoisotopic (exact) mass is 451 g/mol. The quantitative estimate of drug-likeness (QED) is 0.473. The van der Waals surface area contributed by atoms with Gasteiger partial charge in [0.25, 0.3) is 0 Å². The minimum absolute atomic E-state index is 0.171. The maximum atomic E-state index is 14.5. The fourth-order valence-electron chi connectivity index (χ4n) is 4.01. The molecule has 4 N–H and O–H groups in total. The predicted octanol–water partition coefficient (Wildman–Crippen LogP) is 2.01. The summed E-state index contributed by atoms with van der Waals surface area (Å²) in [5.41, 5.74) is 1.55. The molecule has 1 aliphatic rings. The van der Waals surface area contributed by atoms with Crippen LogP contribution in [0.1, 0.15) is 17.2 Å². The summed E-state index contributed by atoms with van der Waals surface area (Å²) in [6.07, 6.45) is -4.87. The first kappa shape index (κ1) is 22.0. The van der Waals surface area contributed by atoms with Gasteiger partial charge in [0.15, 0.2) is 0 Å². The summed E-state index contributed by atoms with van der Waals surface area (Å²) in [5, 5.41) is 41.3. The molecule has 0 radical (unpaired) electrons. The van der Waals surface area contributed by atoms with Crippen molar-refractivity contribution in [3.8, 4) is 5.75 Å². The number of rotatable bonds is 5. The first-order chi connectivity index (χ1) is 14.8. The Morgan fingerprint density at radius 3 is 2.58 bits per heavy atom. The molecule has 0 saturated carbocycles. The minimum Gasteiger partial charge on any atom is -0.497 e. The van der Waals surface area contributed by atoms with E-state index in [1.54, 1.807) is 41.1 Å². The van der Waals surface area contributed by atoms with Gasteiger partial charge in [-0.25, -0.2) is 4.39 Å². The van der Waals surface area contributed by atoms with Gasteiger partial charge in [0.1, 0.15) is 42.1 Å². The Morgan fingerprint density at radius 2 is 1.90 bits per heavy atom. The Kier molecular flexibility index (Phi) is 6.20. The van der Waals surface area contributed by atoms with E-state index in [1.807, 2.05) is 0 Å². The largest absolute Gasteiger partial charge is 0.497 e. The van der Waals surface area contributed by atoms with Crippen LogP contribution >= 0.6 is 11.6 Å². The molecule has 1 saturated heterocycles. The summed E-state index contributed by atoms with van der Waals surface area (Å²) < 4.78 is 27.1. The molecule has 31 heavy (non-hydrogen) atoms. The number of halogens is 2. The third kappa shape index (κ3) is 3.91. The van der Waals surface area contributed by atoms with Gasteiger partial charge in [-0.2, -0.15) is 0 Å². The predicted molar refractivity (Wildman–Crippen MR) is 112 cm³/mol. The van der Waals surface area contributed by atoms with E-state index in [-0.39, 0.29) is 6.54 Å². The number of fused-ring (bicyclic) bond motifs is 1. The third-order valence-electron chi connectivity index (χ3n) is 5.68. The van der Waals surface area contributed by atoms with Crippen molar-refractivity contribution in [1.82, 2.24) is 4.57 Å². The first-order valence-corrected chi connectivity index (χ1v) is 10.1. The van der Waals surface area contributed by atoms with Crippen molar-refractivity contribution in [2.45, 2.75) is 37.1 Å². The summed E-state index contributed by atoms with van der Waals surface area (Å²) >= 11 is 6.45. The van der Waals surface area contributed by atoms with Crippen LogP contribution in [0.5, 0.6) is 5.75 Å². The Bertz CT molecular complexity index is 1090. The zero-order valence-corrected chi connectivity index (χ0v) is 17.4. The fraction of sp³-hybridized carbons (Fsp3) is 0.364. The molecule has 1 aliphatic heterocycles. The van der Waals surface area contributed by atoms with Crippen LogP contribution in [0.4, 0.5) is 4.39 Å². The van der Waals surface area contributed by atoms with Gasteiger partial charge in [-0.3, -0.25) is 0 Å². The van der Waals surface area contributed by atoms with E-state index < -0.39 is 42.9 Å². The summed E-state index contributed by atoms with van der Waals surface area (Å²) in [6, 6.07) is 9.81. The molecule has 1 aromatic heterocycles. The molecule has 1 fully saturated rings. The second kappa shape index (κ2) is 8.74. The lowest BCUT2D eigenvalue weighted by molar-refractivity contribution is -0.231. The van der Waals surface area contributed by atoms with Crippen LogP contribution in [0, 0.1) is 5.82 Å². The van der Waals surface area contributed by atoms with Gasteiger partial charge in [0, 0.05) is 28.8 Å². The van der Waals surface area contributed by atoms with E-state index >= 15 is 0 Å². The van der Waals surface area contributed by atoms with Gasteiger partial charge in [0.05, 0.1) is 30.8 Å². The molecule has 3 aromatic rings. The van der Waals surface area contributed by atoms with Crippen molar-refractivity contribution in [3.63, 3.8) is 0 Å². The third-order valence-corrected chi connectivity index (χ3v) is 6.00. The highest BCUT2D eigenvalue weighted by molar-refractivity contribution is 6.35. The van der Waals surface area contributed by atoms with Crippen molar-refractivity contribution in [1.29, 1.82) is 0 Å². The number of hydrogen-bond donors (Lipinski definition) is 4. The number of methoxy groups -OCH3 is 1. The average molecular weight is 452 g/mol. The smallest absolute Gasteiger partial charge is 0.131 e. The lowest BCUT2D eigenvalue weighted by Gasteiger charge is -2.40. The number of hydrogen-bond acceptors (Lipinski definition) is 6. The number of nitrogens with zero attached hydrogens (tertiary/aromatic N) is 1. The number of ether oxygens (including phenoxy) is 2. The summed E-state index contributed by atoms with van der Waals surface area (Å²) in [4.78, 5) is 0. The van der Waals surface area contributed by atoms with Crippen molar-refractivity contribution >= 4 is 22.5 Å². The second-order valence-electron chi connectivity index (χ2n) is 7.55. The van der Waals surface area contributed by atoms with Crippen LogP contribution in [0.2, 0.25) is 5.02 Å². The topological polar surface area (TPSA) is 104 Å². The fourth-order valence-corrected chi connectivity index (χ4v) is 4.29. The number of aliphatic hydroxyl groups is 4. The Morgan fingerprint density at radius 1 is 1.13 bits per heavy atom. The van der Waals surface area contributed by atoms with Crippen LogP contribution in [0.15, 0.2) is 42.6 Å². The first-order valence-electron chi connectivity index (χ1n) is 9.76. The SMILES string of the molecule is COc1ccc(Cn2cc([C@@H]3O[C@H](CO)[C@@H](O)[C@H](O)[C@H]3O)c3c(Cl)cccc32)c(F)c1. The Hall–Kier alpha value is -2.20. The van der Waals surface area contributed by atoms with E-state index in [4.69, 9.17) is 21.1 Å². The molecular formula is C22H23ClFNO6. The van der Waals surface area contributed by atoms with Gasteiger partial charge in [-0.05, 0) is 18.2 Å². The molecule has 4 rings (SSSR count). The highest BCUT2D eigenvalue weighted by atomic mass is 35.5. The Labute approximate surface area is 182 Å². The molecule has 9 heteroatoms.